The predicted octanol–water partition coefficient (Wildman–Crippen LogP) is 2.93. The molecule has 0 aliphatic rings. The maximum atomic E-state index is 12.4. The molecule has 2 N–H and O–H groups in total. The average molecular weight is 451 g/mol. The first kappa shape index (κ1) is 21.7. The Morgan fingerprint density at radius 2 is 1.79 bits per heavy atom. The second kappa shape index (κ2) is 10.7. The van der Waals surface area contributed by atoms with Crippen LogP contribution in [0.25, 0.3) is 0 Å². The fraction of sp³-hybridized carbons (Fsp3) is 0.300. The molecule has 0 atom stereocenters. The second-order valence-corrected chi connectivity index (χ2v) is 6.89. The van der Waals surface area contributed by atoms with Gasteiger partial charge in [-0.3, -0.25) is 20.4 Å². The number of hydrogen-bond acceptors (Lipinski definition) is 5. The molecule has 2 aromatic rings. The third-order valence-corrected chi connectivity index (χ3v) is 4.45. The van der Waals surface area contributed by atoms with Crippen LogP contribution in [-0.4, -0.2) is 38.7 Å². The third-order valence-electron chi connectivity index (χ3n) is 3.96. The van der Waals surface area contributed by atoms with Gasteiger partial charge in [-0.15, -0.1) is 0 Å². The highest BCUT2D eigenvalue weighted by molar-refractivity contribution is 9.10. The van der Waals surface area contributed by atoms with Crippen LogP contribution in [-0.2, 0) is 9.53 Å². The fourth-order valence-electron chi connectivity index (χ4n) is 2.29. The molecule has 0 spiro atoms. The molecule has 0 saturated heterocycles. The molecule has 0 bridgehead atoms. The number of carbonyl (C=O) groups excluding carboxylic acids is 2. The highest BCUT2D eigenvalue weighted by atomic mass is 79.9. The van der Waals surface area contributed by atoms with Crippen molar-refractivity contribution in [2.75, 3.05) is 26.9 Å². The van der Waals surface area contributed by atoms with E-state index in [2.05, 4.69) is 26.8 Å². The van der Waals surface area contributed by atoms with Gasteiger partial charge < -0.3 is 14.2 Å². The summed E-state index contributed by atoms with van der Waals surface area (Å²) >= 11 is 3.32. The molecule has 0 heterocycles. The zero-order valence-electron chi connectivity index (χ0n) is 16.0. The Hall–Kier alpha value is -2.58. The van der Waals surface area contributed by atoms with E-state index >= 15 is 0 Å². The summed E-state index contributed by atoms with van der Waals surface area (Å²) in [6.07, 6.45) is 0. The van der Waals surface area contributed by atoms with Crippen molar-refractivity contribution in [2.45, 2.75) is 13.8 Å². The Balaban J connectivity index is 1.91. The zero-order chi connectivity index (χ0) is 20.5. The summed E-state index contributed by atoms with van der Waals surface area (Å²) in [5.41, 5.74) is 7.02. The van der Waals surface area contributed by atoms with Crippen molar-refractivity contribution in [2.24, 2.45) is 0 Å². The van der Waals surface area contributed by atoms with Gasteiger partial charge in [0.05, 0.1) is 12.2 Å². The molecule has 0 saturated carbocycles. The van der Waals surface area contributed by atoms with Gasteiger partial charge in [-0.05, 0) is 49.2 Å². The first-order valence-electron chi connectivity index (χ1n) is 8.62. The molecule has 0 aliphatic carbocycles. The number of carbonyl (C=O) groups is 2. The lowest BCUT2D eigenvalue weighted by atomic mass is 10.1. The summed E-state index contributed by atoms with van der Waals surface area (Å²) < 4.78 is 16.7. The minimum Gasteiger partial charge on any atom is -0.490 e. The third kappa shape index (κ3) is 6.24. The van der Waals surface area contributed by atoms with Gasteiger partial charge in [0.2, 0.25) is 0 Å². The van der Waals surface area contributed by atoms with E-state index in [9.17, 15) is 9.59 Å². The van der Waals surface area contributed by atoms with Crippen LogP contribution in [0.15, 0.2) is 40.9 Å². The molecule has 0 radical (unpaired) electrons. The normalized spacial score (nSPS) is 10.3. The van der Waals surface area contributed by atoms with E-state index in [0.29, 0.717) is 29.2 Å². The summed E-state index contributed by atoms with van der Waals surface area (Å²) in [6, 6.07) is 10.6. The highest BCUT2D eigenvalue weighted by Gasteiger charge is 2.15. The standard InChI is InChI=1S/C20H23BrN2O5/c1-13-5-4-6-17(14(13)2)28-12-19(24)22-23-20(25)16-11-15(21)7-8-18(16)27-10-9-26-3/h4-8,11H,9-10,12H2,1-3H3,(H,22,24)(H,23,25). The van der Waals surface area contributed by atoms with E-state index in [4.69, 9.17) is 14.2 Å². The monoisotopic (exact) mass is 450 g/mol. The van der Waals surface area contributed by atoms with Crippen molar-refractivity contribution in [1.29, 1.82) is 0 Å². The van der Waals surface area contributed by atoms with Gasteiger partial charge in [0.25, 0.3) is 11.8 Å². The number of aryl methyl sites for hydroxylation is 1. The Bertz CT molecular complexity index is 841. The van der Waals surface area contributed by atoms with Crippen LogP contribution in [0.2, 0.25) is 0 Å². The first-order chi connectivity index (χ1) is 13.4. The zero-order valence-corrected chi connectivity index (χ0v) is 17.6. The van der Waals surface area contributed by atoms with E-state index in [1.807, 2.05) is 26.0 Å². The Morgan fingerprint density at radius 3 is 2.54 bits per heavy atom. The minimum absolute atomic E-state index is 0.222. The molecular weight excluding hydrogens is 428 g/mol. The number of hydrogen-bond donors (Lipinski definition) is 2. The molecule has 28 heavy (non-hydrogen) atoms. The number of halogens is 1. The van der Waals surface area contributed by atoms with Crippen molar-refractivity contribution < 1.29 is 23.8 Å². The topological polar surface area (TPSA) is 85.9 Å². The number of amides is 2. The molecule has 2 amide bonds. The predicted molar refractivity (Wildman–Crippen MR) is 109 cm³/mol. The number of rotatable bonds is 8. The number of benzene rings is 2. The number of hydrazine groups is 1. The van der Waals surface area contributed by atoms with Crippen molar-refractivity contribution >= 4 is 27.7 Å². The second-order valence-electron chi connectivity index (χ2n) is 5.97. The van der Waals surface area contributed by atoms with Crippen LogP contribution in [0.4, 0.5) is 0 Å². The summed E-state index contributed by atoms with van der Waals surface area (Å²) in [7, 11) is 1.56. The molecule has 2 aromatic carbocycles. The van der Waals surface area contributed by atoms with Crippen LogP contribution >= 0.6 is 15.9 Å². The molecule has 150 valence electrons. The number of ether oxygens (including phenoxy) is 3. The number of methoxy groups -OCH3 is 1. The molecule has 0 aliphatic heterocycles. The first-order valence-corrected chi connectivity index (χ1v) is 9.41. The summed E-state index contributed by atoms with van der Waals surface area (Å²) in [5, 5.41) is 0. The summed E-state index contributed by atoms with van der Waals surface area (Å²) in [4.78, 5) is 24.4. The lowest BCUT2D eigenvalue weighted by molar-refractivity contribution is -0.123. The summed E-state index contributed by atoms with van der Waals surface area (Å²) in [6.45, 7) is 4.35. The largest absolute Gasteiger partial charge is 0.490 e. The smallest absolute Gasteiger partial charge is 0.276 e. The van der Waals surface area contributed by atoms with Gasteiger partial charge in [-0.1, -0.05) is 28.1 Å². The van der Waals surface area contributed by atoms with Crippen LogP contribution < -0.4 is 20.3 Å². The van der Waals surface area contributed by atoms with Gasteiger partial charge in [-0.2, -0.15) is 0 Å². The van der Waals surface area contributed by atoms with Gasteiger partial charge in [-0.25, -0.2) is 0 Å². The van der Waals surface area contributed by atoms with Crippen LogP contribution in [0.3, 0.4) is 0 Å². The van der Waals surface area contributed by atoms with Gasteiger partial charge in [0.15, 0.2) is 6.61 Å². The quantitative estimate of drug-likeness (QED) is 0.476. The van der Waals surface area contributed by atoms with E-state index < -0.39 is 11.8 Å². The molecule has 0 fully saturated rings. The highest BCUT2D eigenvalue weighted by Crippen LogP contribution is 2.23. The Kier molecular flexibility index (Phi) is 8.28. The Labute approximate surface area is 172 Å². The van der Waals surface area contributed by atoms with Gasteiger partial charge in [0.1, 0.15) is 18.1 Å². The van der Waals surface area contributed by atoms with Crippen LogP contribution in [0, 0.1) is 13.8 Å². The van der Waals surface area contributed by atoms with Gasteiger partial charge in [0, 0.05) is 11.6 Å². The maximum absolute atomic E-state index is 12.4. The maximum Gasteiger partial charge on any atom is 0.276 e. The van der Waals surface area contributed by atoms with E-state index in [-0.39, 0.29) is 12.2 Å². The molecular formula is C20H23BrN2O5. The van der Waals surface area contributed by atoms with Crippen molar-refractivity contribution in [3.63, 3.8) is 0 Å². The van der Waals surface area contributed by atoms with Crippen LogP contribution in [0.1, 0.15) is 21.5 Å². The molecule has 7 nitrogen and oxygen atoms in total. The van der Waals surface area contributed by atoms with Crippen molar-refractivity contribution in [3.8, 4) is 11.5 Å². The van der Waals surface area contributed by atoms with E-state index in [1.54, 1.807) is 31.4 Å². The SMILES string of the molecule is COCCOc1ccc(Br)cc1C(=O)NNC(=O)COc1cccc(C)c1C. The fourth-order valence-corrected chi connectivity index (χ4v) is 2.66. The summed E-state index contributed by atoms with van der Waals surface area (Å²) in [5.74, 6) is 0.0286. The lowest BCUT2D eigenvalue weighted by Gasteiger charge is -2.13. The Morgan fingerprint density at radius 1 is 1.00 bits per heavy atom. The minimum atomic E-state index is -0.506. The van der Waals surface area contributed by atoms with Crippen molar-refractivity contribution in [3.05, 3.63) is 57.6 Å². The van der Waals surface area contributed by atoms with Crippen LogP contribution in [0.5, 0.6) is 11.5 Å². The molecule has 0 aromatic heterocycles. The van der Waals surface area contributed by atoms with E-state index in [1.165, 1.54) is 0 Å². The van der Waals surface area contributed by atoms with Crippen molar-refractivity contribution in [1.82, 2.24) is 10.9 Å². The van der Waals surface area contributed by atoms with Gasteiger partial charge >= 0.3 is 0 Å². The molecule has 8 heteroatoms. The lowest BCUT2D eigenvalue weighted by Crippen LogP contribution is -2.44. The van der Waals surface area contributed by atoms with E-state index in [0.717, 1.165) is 11.1 Å². The number of nitrogens with one attached hydrogen (secondary N) is 2. The average Bonchev–Trinajstić information content (AvgIpc) is 2.68. The molecule has 2 rings (SSSR count). The molecule has 0 unspecified atom stereocenters.